The first kappa shape index (κ1) is 24.7. The summed E-state index contributed by atoms with van der Waals surface area (Å²) in [4.78, 5) is 66.7. The minimum atomic E-state index is -1.17. The molecule has 8 nitrogen and oxygen atoms in total. The minimum Gasteiger partial charge on any atom is -0.508 e. The van der Waals surface area contributed by atoms with Gasteiger partial charge in [-0.05, 0) is 74.1 Å². The molecule has 0 unspecified atom stereocenters. The van der Waals surface area contributed by atoms with Gasteiger partial charge < -0.3 is 10.2 Å². The average molecular weight is 524 g/mol. The summed E-state index contributed by atoms with van der Waals surface area (Å²) in [5.41, 5.74) is 3.41. The quantitative estimate of drug-likeness (QED) is 0.353. The molecule has 1 fully saturated rings. The van der Waals surface area contributed by atoms with Gasteiger partial charge in [0.05, 0.1) is 23.1 Å². The number of phenolic OH excluding ortho intramolecular Hbond substituents is 1. The molecule has 0 radical (unpaired) electrons. The number of benzene rings is 2. The lowest BCUT2D eigenvalue weighted by Crippen LogP contribution is -2.39. The van der Waals surface area contributed by atoms with Crippen LogP contribution in [0.25, 0.3) is 0 Å². The van der Waals surface area contributed by atoms with Crippen LogP contribution in [0.15, 0.2) is 76.9 Å². The number of rotatable bonds is 3. The Balaban J connectivity index is 1.48. The molecule has 1 saturated heterocycles. The van der Waals surface area contributed by atoms with Crippen LogP contribution in [0.4, 0.5) is 5.69 Å². The number of aromatic hydroxyl groups is 1. The van der Waals surface area contributed by atoms with Crippen molar-refractivity contribution in [2.75, 3.05) is 4.90 Å². The highest BCUT2D eigenvalue weighted by atomic mass is 16.4. The predicted molar refractivity (Wildman–Crippen MR) is 140 cm³/mol. The number of nitrogens with zero attached hydrogens (tertiary/aromatic N) is 1. The SMILES string of the molecule is CC1=CC(=O)C2=C(C[C@@H]3C(=CC[C@@H]4C(=O)N(c5cccc(C(=O)O)c5)C(=O)[C@@H]43)[C@@H]2c2ccc(O)c(C)c2)C1=O. The minimum absolute atomic E-state index is 0.0365. The van der Waals surface area contributed by atoms with Crippen molar-refractivity contribution in [1.82, 2.24) is 0 Å². The van der Waals surface area contributed by atoms with Gasteiger partial charge in [0.15, 0.2) is 11.6 Å². The van der Waals surface area contributed by atoms with E-state index in [0.29, 0.717) is 22.3 Å². The molecule has 2 aromatic rings. The number of imide groups is 1. The van der Waals surface area contributed by atoms with Crippen LogP contribution in [0.1, 0.15) is 47.2 Å². The third-order valence-corrected chi connectivity index (χ3v) is 8.47. The molecule has 39 heavy (non-hydrogen) atoms. The largest absolute Gasteiger partial charge is 0.508 e. The number of carbonyl (C=O) groups is 5. The molecule has 196 valence electrons. The predicted octanol–water partition coefficient (Wildman–Crippen LogP) is 4.03. The highest BCUT2D eigenvalue weighted by Crippen LogP contribution is 2.55. The molecule has 0 spiro atoms. The number of fused-ring (bicyclic) bond motifs is 3. The van der Waals surface area contributed by atoms with Gasteiger partial charge in [-0.1, -0.05) is 29.8 Å². The second kappa shape index (κ2) is 8.73. The van der Waals surface area contributed by atoms with E-state index in [1.807, 2.05) is 6.08 Å². The van der Waals surface area contributed by atoms with Gasteiger partial charge in [-0.15, -0.1) is 0 Å². The molecule has 0 saturated carbocycles. The normalized spacial score (nSPS) is 26.2. The van der Waals surface area contributed by atoms with E-state index in [9.17, 15) is 34.2 Å². The second-order valence-corrected chi connectivity index (χ2v) is 10.6. The molecule has 2 N–H and O–H groups in total. The summed E-state index contributed by atoms with van der Waals surface area (Å²) < 4.78 is 0. The van der Waals surface area contributed by atoms with Crippen LogP contribution in [-0.4, -0.2) is 39.6 Å². The standard InChI is InChI=1S/C31H25NO7/c1-14-10-16(6-9-23(14)33)25-19-7-8-20-26(21(19)13-22-27(25)24(34)11-15(2)28(22)35)30(37)32(29(20)36)18-5-3-4-17(12-18)31(38)39/h3-7,9-12,20-21,25-26,33H,8,13H2,1-2H3,(H,38,39)/t20-,21+,25-,26-/m0/s1. The van der Waals surface area contributed by atoms with Gasteiger partial charge >= 0.3 is 5.97 Å². The fourth-order valence-corrected chi connectivity index (χ4v) is 6.65. The van der Waals surface area contributed by atoms with E-state index in [1.165, 1.54) is 30.3 Å². The Morgan fingerprint density at radius 3 is 2.46 bits per heavy atom. The van der Waals surface area contributed by atoms with Crippen molar-refractivity contribution in [2.24, 2.45) is 17.8 Å². The number of carbonyl (C=O) groups excluding carboxylic acids is 4. The summed E-state index contributed by atoms with van der Waals surface area (Å²) >= 11 is 0. The molecule has 1 heterocycles. The van der Waals surface area contributed by atoms with E-state index >= 15 is 0 Å². The van der Waals surface area contributed by atoms with Crippen molar-refractivity contribution in [1.29, 1.82) is 0 Å². The van der Waals surface area contributed by atoms with Crippen molar-refractivity contribution < 1.29 is 34.2 Å². The van der Waals surface area contributed by atoms with Gasteiger partial charge in [0.25, 0.3) is 0 Å². The maximum absolute atomic E-state index is 13.9. The number of phenols is 1. The highest BCUT2D eigenvalue weighted by molar-refractivity contribution is 6.25. The Morgan fingerprint density at radius 2 is 1.74 bits per heavy atom. The molecule has 6 rings (SSSR count). The fraction of sp³-hybridized carbons (Fsp3) is 0.258. The first-order chi connectivity index (χ1) is 18.6. The number of allylic oxidation sites excluding steroid dienone is 6. The van der Waals surface area contributed by atoms with Crippen LogP contribution < -0.4 is 4.90 Å². The van der Waals surface area contributed by atoms with E-state index in [0.717, 1.165) is 16.0 Å². The molecule has 0 aromatic heterocycles. The summed E-state index contributed by atoms with van der Waals surface area (Å²) in [6, 6.07) is 10.8. The molecule has 3 aliphatic carbocycles. The van der Waals surface area contributed by atoms with E-state index < -0.39 is 41.5 Å². The lowest BCUT2D eigenvalue weighted by Gasteiger charge is -2.42. The fourth-order valence-electron chi connectivity index (χ4n) is 6.65. The number of ketones is 2. The summed E-state index contributed by atoms with van der Waals surface area (Å²) in [5.74, 6) is -4.88. The van der Waals surface area contributed by atoms with Crippen LogP contribution in [-0.2, 0) is 19.2 Å². The number of amides is 2. The molecule has 4 aliphatic rings. The summed E-state index contributed by atoms with van der Waals surface area (Å²) in [6.45, 7) is 3.35. The zero-order chi connectivity index (χ0) is 27.7. The van der Waals surface area contributed by atoms with E-state index in [-0.39, 0.29) is 41.4 Å². The van der Waals surface area contributed by atoms with Gasteiger partial charge in [0, 0.05) is 22.6 Å². The number of hydrogen-bond acceptors (Lipinski definition) is 6. The molecule has 2 amide bonds. The first-order valence-electron chi connectivity index (χ1n) is 12.8. The van der Waals surface area contributed by atoms with Gasteiger partial charge in [0.1, 0.15) is 5.75 Å². The lowest BCUT2D eigenvalue weighted by molar-refractivity contribution is -0.123. The number of Topliss-reactive ketones (excluding diaryl/α,β-unsaturated/α-hetero) is 1. The second-order valence-electron chi connectivity index (χ2n) is 10.6. The van der Waals surface area contributed by atoms with Gasteiger partial charge in [-0.25, -0.2) is 4.79 Å². The lowest BCUT2D eigenvalue weighted by atomic mass is 9.59. The van der Waals surface area contributed by atoms with Crippen molar-refractivity contribution in [3.63, 3.8) is 0 Å². The number of hydrogen-bond donors (Lipinski definition) is 2. The monoisotopic (exact) mass is 523 g/mol. The van der Waals surface area contributed by atoms with Crippen molar-refractivity contribution >= 4 is 35.0 Å². The molecule has 8 heteroatoms. The number of carboxylic acid groups (broad SMARTS) is 1. The number of aryl methyl sites for hydroxylation is 1. The van der Waals surface area contributed by atoms with Crippen molar-refractivity contribution in [3.05, 3.63) is 93.6 Å². The Hall–Kier alpha value is -4.59. The first-order valence-corrected chi connectivity index (χ1v) is 12.8. The summed E-state index contributed by atoms with van der Waals surface area (Å²) in [5, 5.41) is 19.5. The van der Waals surface area contributed by atoms with E-state index in [4.69, 9.17) is 0 Å². The molecule has 4 atom stereocenters. The van der Waals surface area contributed by atoms with Gasteiger partial charge in [-0.2, -0.15) is 0 Å². The maximum atomic E-state index is 13.9. The van der Waals surface area contributed by atoms with Gasteiger partial charge in [-0.3, -0.25) is 24.1 Å². The molecule has 1 aliphatic heterocycles. The van der Waals surface area contributed by atoms with Crippen LogP contribution in [0, 0.1) is 24.7 Å². The topological polar surface area (TPSA) is 129 Å². The summed E-state index contributed by atoms with van der Waals surface area (Å²) in [7, 11) is 0. The maximum Gasteiger partial charge on any atom is 0.335 e. The smallest absolute Gasteiger partial charge is 0.335 e. The highest BCUT2D eigenvalue weighted by Gasteiger charge is 2.56. The van der Waals surface area contributed by atoms with Crippen LogP contribution in [0.5, 0.6) is 5.75 Å². The third-order valence-electron chi connectivity index (χ3n) is 8.47. The average Bonchev–Trinajstić information content (AvgIpc) is 3.17. The number of carboxylic acids is 1. The van der Waals surface area contributed by atoms with Crippen LogP contribution in [0.3, 0.4) is 0 Å². The summed E-state index contributed by atoms with van der Waals surface area (Å²) in [6.07, 6.45) is 3.72. The number of aromatic carboxylic acids is 1. The Kier molecular flexibility index (Phi) is 5.53. The molecular formula is C31H25NO7. The van der Waals surface area contributed by atoms with Crippen molar-refractivity contribution in [2.45, 2.75) is 32.6 Å². The van der Waals surface area contributed by atoms with Crippen molar-refractivity contribution in [3.8, 4) is 5.75 Å². The Morgan fingerprint density at radius 1 is 0.974 bits per heavy atom. The molecule has 2 aromatic carbocycles. The molecular weight excluding hydrogens is 498 g/mol. The van der Waals surface area contributed by atoms with Crippen LogP contribution in [0.2, 0.25) is 0 Å². The zero-order valence-corrected chi connectivity index (χ0v) is 21.3. The van der Waals surface area contributed by atoms with Gasteiger partial charge in [0.2, 0.25) is 11.8 Å². The van der Waals surface area contributed by atoms with Crippen LogP contribution >= 0.6 is 0 Å². The zero-order valence-electron chi connectivity index (χ0n) is 21.3. The number of anilines is 1. The Labute approximate surface area is 223 Å². The Bertz CT molecular complexity index is 1620. The third kappa shape index (κ3) is 3.62. The molecule has 0 bridgehead atoms. The van der Waals surface area contributed by atoms with E-state index in [2.05, 4.69) is 0 Å². The van der Waals surface area contributed by atoms with E-state index in [1.54, 1.807) is 32.0 Å².